The van der Waals surface area contributed by atoms with Crippen molar-refractivity contribution in [1.29, 1.82) is 0 Å². The normalized spacial score (nSPS) is 10.6. The van der Waals surface area contributed by atoms with Gasteiger partial charge in [0.15, 0.2) is 0 Å². The van der Waals surface area contributed by atoms with E-state index in [1.807, 2.05) is 36.5 Å². The summed E-state index contributed by atoms with van der Waals surface area (Å²) >= 11 is 0. The van der Waals surface area contributed by atoms with Crippen molar-refractivity contribution >= 4 is 0 Å². The standard InChI is InChI=1S/C19H19NO2/c1-21-17-12-10-16(11-13-17)19-20-14-18(22-19)9-5-8-15-6-3-2-4-7-15/h2-4,6-7,10-14H,5,8-9H2,1H3. The molecule has 0 atom stereocenters. The van der Waals surface area contributed by atoms with Crippen LogP contribution in [0.15, 0.2) is 65.2 Å². The number of hydrogen-bond donors (Lipinski definition) is 0. The molecule has 0 amide bonds. The summed E-state index contributed by atoms with van der Waals surface area (Å²) in [5, 5.41) is 0. The van der Waals surface area contributed by atoms with Crippen LogP contribution in [0.3, 0.4) is 0 Å². The third-order valence-electron chi connectivity index (χ3n) is 3.62. The lowest BCUT2D eigenvalue weighted by atomic mass is 10.1. The monoisotopic (exact) mass is 293 g/mol. The molecule has 0 aliphatic carbocycles. The lowest BCUT2D eigenvalue weighted by Crippen LogP contribution is -1.88. The fourth-order valence-electron chi connectivity index (χ4n) is 2.40. The number of ether oxygens (including phenoxy) is 1. The van der Waals surface area contributed by atoms with Crippen molar-refractivity contribution in [1.82, 2.24) is 4.98 Å². The van der Waals surface area contributed by atoms with Gasteiger partial charge in [-0.1, -0.05) is 30.3 Å². The maximum absolute atomic E-state index is 5.83. The van der Waals surface area contributed by atoms with Gasteiger partial charge in [0.25, 0.3) is 0 Å². The first-order valence-electron chi connectivity index (χ1n) is 7.48. The summed E-state index contributed by atoms with van der Waals surface area (Å²) < 4.78 is 11.0. The highest BCUT2D eigenvalue weighted by Crippen LogP contribution is 2.22. The highest BCUT2D eigenvalue weighted by atomic mass is 16.5. The van der Waals surface area contributed by atoms with Gasteiger partial charge in [-0.05, 0) is 42.7 Å². The minimum atomic E-state index is 0.664. The molecule has 3 rings (SSSR count). The van der Waals surface area contributed by atoms with Gasteiger partial charge >= 0.3 is 0 Å². The lowest BCUT2D eigenvalue weighted by molar-refractivity contribution is 0.415. The van der Waals surface area contributed by atoms with Gasteiger partial charge in [0.05, 0.1) is 13.3 Å². The molecule has 3 nitrogen and oxygen atoms in total. The molecular formula is C19H19NO2. The Labute approximate surface area is 130 Å². The molecule has 0 spiro atoms. The van der Waals surface area contributed by atoms with E-state index in [4.69, 9.17) is 9.15 Å². The molecule has 0 saturated carbocycles. The molecule has 0 aliphatic heterocycles. The van der Waals surface area contributed by atoms with Crippen LogP contribution in [0.1, 0.15) is 17.7 Å². The van der Waals surface area contributed by atoms with Gasteiger partial charge in [0.1, 0.15) is 11.5 Å². The molecule has 0 radical (unpaired) electrons. The highest BCUT2D eigenvalue weighted by Gasteiger charge is 2.07. The molecule has 0 N–H and O–H groups in total. The average Bonchev–Trinajstić information content (AvgIpc) is 3.05. The van der Waals surface area contributed by atoms with Gasteiger partial charge in [-0.3, -0.25) is 0 Å². The second-order valence-electron chi connectivity index (χ2n) is 5.20. The Morgan fingerprint density at radius 2 is 1.73 bits per heavy atom. The molecule has 2 aromatic carbocycles. The number of nitrogens with zero attached hydrogens (tertiary/aromatic N) is 1. The van der Waals surface area contributed by atoms with E-state index in [9.17, 15) is 0 Å². The molecule has 0 fully saturated rings. The van der Waals surface area contributed by atoms with E-state index < -0.39 is 0 Å². The predicted molar refractivity (Wildman–Crippen MR) is 87.0 cm³/mol. The van der Waals surface area contributed by atoms with Crippen molar-refractivity contribution in [3.05, 3.63) is 72.1 Å². The minimum absolute atomic E-state index is 0.664. The summed E-state index contributed by atoms with van der Waals surface area (Å²) in [4.78, 5) is 4.36. The molecule has 1 heterocycles. The fraction of sp³-hybridized carbons (Fsp3) is 0.211. The van der Waals surface area contributed by atoms with Crippen LogP contribution in [0.25, 0.3) is 11.5 Å². The smallest absolute Gasteiger partial charge is 0.226 e. The van der Waals surface area contributed by atoms with Gasteiger partial charge in [0.2, 0.25) is 5.89 Å². The second-order valence-corrected chi connectivity index (χ2v) is 5.20. The zero-order chi connectivity index (χ0) is 15.2. The first-order valence-corrected chi connectivity index (χ1v) is 7.48. The van der Waals surface area contributed by atoms with Crippen molar-refractivity contribution in [2.45, 2.75) is 19.3 Å². The fourth-order valence-corrected chi connectivity index (χ4v) is 2.40. The maximum atomic E-state index is 5.83. The molecular weight excluding hydrogens is 274 g/mol. The van der Waals surface area contributed by atoms with Gasteiger partial charge in [0, 0.05) is 12.0 Å². The summed E-state index contributed by atoms with van der Waals surface area (Å²) in [5.74, 6) is 2.43. The largest absolute Gasteiger partial charge is 0.497 e. The predicted octanol–water partition coefficient (Wildman–Crippen LogP) is 4.53. The van der Waals surface area contributed by atoms with E-state index in [2.05, 4.69) is 29.2 Å². The number of oxazole rings is 1. The van der Waals surface area contributed by atoms with Crippen LogP contribution in [-0.4, -0.2) is 12.1 Å². The van der Waals surface area contributed by atoms with Crippen LogP contribution in [0.2, 0.25) is 0 Å². The number of aryl methyl sites for hydroxylation is 2. The summed E-state index contributed by atoms with van der Waals surface area (Å²) in [7, 11) is 1.66. The number of benzene rings is 2. The maximum Gasteiger partial charge on any atom is 0.226 e. The van der Waals surface area contributed by atoms with Crippen molar-refractivity contribution in [2.24, 2.45) is 0 Å². The summed E-state index contributed by atoms with van der Waals surface area (Å²) in [6.45, 7) is 0. The topological polar surface area (TPSA) is 35.3 Å². The zero-order valence-electron chi connectivity index (χ0n) is 12.7. The van der Waals surface area contributed by atoms with Crippen molar-refractivity contribution in [3.8, 4) is 17.2 Å². The van der Waals surface area contributed by atoms with E-state index in [0.29, 0.717) is 5.89 Å². The van der Waals surface area contributed by atoms with Crippen LogP contribution in [0, 0.1) is 0 Å². The average molecular weight is 293 g/mol. The first-order chi connectivity index (χ1) is 10.8. The molecule has 0 saturated heterocycles. The van der Waals surface area contributed by atoms with Crippen molar-refractivity contribution in [3.63, 3.8) is 0 Å². The van der Waals surface area contributed by atoms with Crippen LogP contribution >= 0.6 is 0 Å². The summed E-state index contributed by atoms with van der Waals surface area (Å²) in [6, 6.07) is 18.2. The van der Waals surface area contributed by atoms with Crippen LogP contribution in [0.5, 0.6) is 5.75 Å². The van der Waals surface area contributed by atoms with E-state index >= 15 is 0 Å². The molecule has 112 valence electrons. The molecule has 0 bridgehead atoms. The molecule has 3 aromatic rings. The first kappa shape index (κ1) is 14.4. The third-order valence-corrected chi connectivity index (χ3v) is 3.62. The van der Waals surface area contributed by atoms with Gasteiger partial charge in [-0.25, -0.2) is 4.98 Å². The van der Waals surface area contributed by atoms with Gasteiger partial charge in [-0.15, -0.1) is 0 Å². The van der Waals surface area contributed by atoms with Crippen LogP contribution < -0.4 is 4.74 Å². The second kappa shape index (κ2) is 6.94. The van der Waals surface area contributed by atoms with Crippen LogP contribution in [-0.2, 0) is 12.8 Å². The Morgan fingerprint density at radius 3 is 2.45 bits per heavy atom. The Bertz CT molecular complexity index is 702. The van der Waals surface area contributed by atoms with E-state index in [-0.39, 0.29) is 0 Å². The number of hydrogen-bond acceptors (Lipinski definition) is 3. The number of aromatic nitrogens is 1. The van der Waals surface area contributed by atoms with Crippen LogP contribution in [0.4, 0.5) is 0 Å². The molecule has 0 unspecified atom stereocenters. The van der Waals surface area contributed by atoms with E-state index in [1.165, 1.54) is 5.56 Å². The lowest BCUT2D eigenvalue weighted by Gasteiger charge is -2.00. The Balaban J connectivity index is 1.58. The zero-order valence-corrected chi connectivity index (χ0v) is 12.7. The summed E-state index contributed by atoms with van der Waals surface area (Å²) in [5.41, 5.74) is 2.33. The Hall–Kier alpha value is -2.55. The number of methoxy groups -OCH3 is 1. The molecule has 0 aliphatic rings. The third kappa shape index (κ3) is 3.55. The minimum Gasteiger partial charge on any atom is -0.497 e. The van der Waals surface area contributed by atoms with Gasteiger partial charge in [-0.2, -0.15) is 0 Å². The quantitative estimate of drug-likeness (QED) is 0.670. The molecule has 3 heteroatoms. The van der Waals surface area contributed by atoms with E-state index in [0.717, 1.165) is 36.3 Å². The van der Waals surface area contributed by atoms with E-state index in [1.54, 1.807) is 7.11 Å². The molecule has 1 aromatic heterocycles. The Kier molecular flexibility index (Phi) is 4.54. The van der Waals surface area contributed by atoms with Crippen molar-refractivity contribution < 1.29 is 9.15 Å². The molecule has 22 heavy (non-hydrogen) atoms. The van der Waals surface area contributed by atoms with Crippen molar-refractivity contribution in [2.75, 3.05) is 7.11 Å². The van der Waals surface area contributed by atoms with Gasteiger partial charge < -0.3 is 9.15 Å². The SMILES string of the molecule is COc1ccc(-c2ncc(CCCc3ccccc3)o2)cc1. The number of rotatable bonds is 6. The Morgan fingerprint density at radius 1 is 0.955 bits per heavy atom. The highest BCUT2D eigenvalue weighted by molar-refractivity contribution is 5.54. The summed E-state index contributed by atoms with van der Waals surface area (Å²) in [6.07, 6.45) is 4.84.